The molecule has 2 aliphatic heterocycles. The number of rotatable bonds is 3. The molecule has 4 nitrogen and oxygen atoms in total. The van der Waals surface area contributed by atoms with Crippen molar-refractivity contribution in [3.05, 3.63) is 70.4 Å². The number of nitrogens with zero attached hydrogens (tertiary/aromatic N) is 2. The molecule has 1 saturated heterocycles. The summed E-state index contributed by atoms with van der Waals surface area (Å²) in [5, 5.41) is 0.511. The number of amides is 2. The molecule has 0 aromatic heterocycles. The molecule has 0 saturated carbocycles. The number of benzene rings is 2. The predicted molar refractivity (Wildman–Crippen MR) is 107 cm³/mol. The van der Waals surface area contributed by atoms with Gasteiger partial charge in [0.1, 0.15) is 5.70 Å². The largest absolute Gasteiger partial charge is 0.366 e. The van der Waals surface area contributed by atoms with E-state index in [0.29, 0.717) is 35.3 Å². The summed E-state index contributed by atoms with van der Waals surface area (Å²) in [7, 11) is 0. The summed E-state index contributed by atoms with van der Waals surface area (Å²) >= 11 is 5.98. The van der Waals surface area contributed by atoms with Gasteiger partial charge in [-0.1, -0.05) is 30.7 Å². The monoisotopic (exact) mass is 416 g/mol. The Morgan fingerprint density at radius 1 is 1.00 bits per heavy atom. The Bertz CT molecular complexity index is 1020. The van der Waals surface area contributed by atoms with Crippen molar-refractivity contribution in [3.63, 3.8) is 0 Å². The number of halogens is 3. The van der Waals surface area contributed by atoms with Crippen LogP contribution in [0.5, 0.6) is 0 Å². The molecule has 150 valence electrons. The Kier molecular flexibility index (Phi) is 5.13. The number of piperidine rings is 1. The average molecular weight is 417 g/mol. The van der Waals surface area contributed by atoms with Crippen LogP contribution < -0.4 is 4.90 Å². The minimum atomic E-state index is -1.11. The summed E-state index contributed by atoms with van der Waals surface area (Å²) in [4.78, 5) is 29.5. The Morgan fingerprint density at radius 3 is 2.38 bits per heavy atom. The van der Waals surface area contributed by atoms with Crippen molar-refractivity contribution in [2.75, 3.05) is 18.0 Å². The first-order valence-corrected chi connectivity index (χ1v) is 9.83. The van der Waals surface area contributed by atoms with Gasteiger partial charge in [-0.2, -0.15) is 0 Å². The Hall–Kier alpha value is -2.73. The summed E-state index contributed by atoms with van der Waals surface area (Å²) in [5.41, 5.74) is 1.12. The van der Waals surface area contributed by atoms with E-state index in [1.807, 2.05) is 4.90 Å². The van der Waals surface area contributed by atoms with Gasteiger partial charge in [0.25, 0.3) is 11.8 Å². The summed E-state index contributed by atoms with van der Waals surface area (Å²) in [6.45, 7) is 3.40. The third kappa shape index (κ3) is 3.53. The lowest BCUT2D eigenvalue weighted by Gasteiger charge is -2.33. The van der Waals surface area contributed by atoms with Gasteiger partial charge in [0, 0.05) is 24.2 Å². The van der Waals surface area contributed by atoms with Gasteiger partial charge in [-0.05, 0) is 48.6 Å². The Labute approximate surface area is 172 Å². The van der Waals surface area contributed by atoms with Gasteiger partial charge in [0.2, 0.25) is 0 Å². The molecule has 2 amide bonds. The van der Waals surface area contributed by atoms with E-state index < -0.39 is 23.4 Å². The molecule has 2 heterocycles. The highest BCUT2D eigenvalue weighted by atomic mass is 35.5. The third-order valence-electron chi connectivity index (χ3n) is 5.33. The van der Waals surface area contributed by atoms with Crippen molar-refractivity contribution in [3.8, 4) is 0 Å². The van der Waals surface area contributed by atoms with Crippen LogP contribution in [0.2, 0.25) is 5.02 Å². The highest BCUT2D eigenvalue weighted by Gasteiger charge is 2.43. The Morgan fingerprint density at radius 2 is 1.72 bits per heavy atom. The summed E-state index contributed by atoms with van der Waals surface area (Å²) in [6.07, 6.45) is 1.96. The van der Waals surface area contributed by atoms with Crippen molar-refractivity contribution in [2.24, 2.45) is 5.92 Å². The van der Waals surface area contributed by atoms with Crippen LogP contribution in [0.1, 0.15) is 25.3 Å². The maximum Gasteiger partial charge on any atom is 0.282 e. The molecule has 2 aliphatic rings. The van der Waals surface area contributed by atoms with E-state index in [9.17, 15) is 18.4 Å². The molecule has 4 rings (SSSR count). The molecule has 29 heavy (non-hydrogen) atoms. The molecule has 1 fully saturated rings. The van der Waals surface area contributed by atoms with Crippen molar-refractivity contribution >= 4 is 34.7 Å². The van der Waals surface area contributed by atoms with Crippen molar-refractivity contribution in [1.29, 1.82) is 0 Å². The lowest BCUT2D eigenvalue weighted by Crippen LogP contribution is -2.39. The van der Waals surface area contributed by atoms with E-state index in [1.165, 1.54) is 6.07 Å². The lowest BCUT2D eigenvalue weighted by molar-refractivity contribution is -0.120. The van der Waals surface area contributed by atoms with E-state index in [4.69, 9.17) is 11.6 Å². The van der Waals surface area contributed by atoms with Crippen LogP contribution >= 0.6 is 11.6 Å². The number of hydrogen-bond acceptors (Lipinski definition) is 3. The zero-order chi connectivity index (χ0) is 20.7. The van der Waals surface area contributed by atoms with Gasteiger partial charge in [-0.15, -0.1) is 0 Å². The second kappa shape index (κ2) is 7.59. The molecule has 2 aromatic rings. The normalized spacial score (nSPS) is 20.1. The van der Waals surface area contributed by atoms with E-state index in [-0.39, 0.29) is 11.3 Å². The quantitative estimate of drug-likeness (QED) is 0.685. The summed E-state index contributed by atoms with van der Waals surface area (Å²) in [5.74, 6) is -2.86. The summed E-state index contributed by atoms with van der Waals surface area (Å²) < 4.78 is 27.2. The number of imide groups is 1. The van der Waals surface area contributed by atoms with E-state index >= 15 is 0 Å². The van der Waals surface area contributed by atoms with Gasteiger partial charge < -0.3 is 4.90 Å². The fourth-order valence-corrected chi connectivity index (χ4v) is 4.07. The smallest absolute Gasteiger partial charge is 0.282 e. The molecule has 7 heteroatoms. The van der Waals surface area contributed by atoms with Crippen LogP contribution in [0.25, 0.3) is 5.57 Å². The zero-order valence-electron chi connectivity index (χ0n) is 15.8. The van der Waals surface area contributed by atoms with Crippen LogP contribution in [0, 0.1) is 17.6 Å². The second-order valence-corrected chi connectivity index (χ2v) is 7.90. The first kappa shape index (κ1) is 19.6. The molecule has 2 aromatic carbocycles. The van der Waals surface area contributed by atoms with Gasteiger partial charge >= 0.3 is 0 Å². The third-order valence-corrected chi connectivity index (χ3v) is 5.58. The van der Waals surface area contributed by atoms with Crippen LogP contribution in [0.4, 0.5) is 14.5 Å². The van der Waals surface area contributed by atoms with Gasteiger partial charge in [-0.3, -0.25) is 9.59 Å². The zero-order valence-corrected chi connectivity index (χ0v) is 16.5. The number of anilines is 1. The van der Waals surface area contributed by atoms with Crippen LogP contribution in [-0.2, 0) is 9.59 Å². The van der Waals surface area contributed by atoms with E-state index in [2.05, 4.69) is 6.92 Å². The van der Waals surface area contributed by atoms with Crippen molar-refractivity contribution in [2.45, 2.75) is 19.8 Å². The lowest BCUT2D eigenvalue weighted by atomic mass is 9.98. The van der Waals surface area contributed by atoms with Crippen LogP contribution in [-0.4, -0.2) is 29.8 Å². The predicted octanol–water partition coefficient (Wildman–Crippen LogP) is 4.63. The molecular formula is C22H19ClF2N2O2. The Balaban J connectivity index is 1.83. The van der Waals surface area contributed by atoms with Crippen molar-refractivity contribution < 1.29 is 18.4 Å². The maximum absolute atomic E-state index is 13.8. The van der Waals surface area contributed by atoms with Crippen LogP contribution in [0.15, 0.2) is 48.2 Å². The standard InChI is InChI=1S/C22H19ClF2N2O2/c1-13-3-2-10-26(12-13)20-19(14-4-6-15(23)7-5-14)21(28)27(22(20)29)16-8-9-17(24)18(25)11-16/h4-9,11,13H,2-3,10,12H2,1H3. The average Bonchev–Trinajstić information content (AvgIpc) is 2.95. The minimum absolute atomic E-state index is 0.00502. The first-order valence-electron chi connectivity index (χ1n) is 9.46. The van der Waals surface area contributed by atoms with Gasteiger partial charge in [0.05, 0.1) is 11.3 Å². The number of carbonyl (C=O) groups excluding carboxylic acids is 2. The molecule has 0 spiro atoms. The molecule has 1 atom stereocenters. The van der Waals surface area contributed by atoms with Gasteiger partial charge in [-0.25, -0.2) is 13.7 Å². The van der Waals surface area contributed by atoms with Gasteiger partial charge in [0.15, 0.2) is 11.6 Å². The highest BCUT2D eigenvalue weighted by molar-refractivity contribution is 6.45. The molecular weight excluding hydrogens is 398 g/mol. The fourth-order valence-electron chi connectivity index (χ4n) is 3.94. The van der Waals surface area contributed by atoms with Crippen molar-refractivity contribution in [1.82, 2.24) is 4.90 Å². The molecule has 0 N–H and O–H groups in total. The molecule has 1 unspecified atom stereocenters. The second-order valence-electron chi connectivity index (χ2n) is 7.47. The van der Waals surface area contributed by atoms with E-state index in [0.717, 1.165) is 29.9 Å². The van der Waals surface area contributed by atoms with E-state index in [1.54, 1.807) is 24.3 Å². The SMILES string of the molecule is CC1CCCN(C2=C(c3ccc(Cl)cc3)C(=O)N(c3ccc(F)c(F)c3)C2=O)C1. The minimum Gasteiger partial charge on any atom is -0.366 e. The number of hydrogen-bond donors (Lipinski definition) is 0. The number of likely N-dealkylation sites (tertiary alicyclic amines) is 1. The highest BCUT2D eigenvalue weighted by Crippen LogP contribution is 2.37. The molecule has 0 aliphatic carbocycles. The molecule has 0 bridgehead atoms. The fraction of sp³-hybridized carbons (Fsp3) is 0.273. The van der Waals surface area contributed by atoms with Crippen LogP contribution in [0.3, 0.4) is 0 Å². The topological polar surface area (TPSA) is 40.6 Å². The number of carbonyl (C=O) groups is 2. The molecule has 0 radical (unpaired) electrons. The first-order chi connectivity index (χ1) is 13.9. The maximum atomic E-state index is 13.8. The summed E-state index contributed by atoms with van der Waals surface area (Å²) in [6, 6.07) is 9.68.